The zero-order chi connectivity index (χ0) is 16.7. The average molecular weight is 320 g/mol. The van der Waals surface area contributed by atoms with Gasteiger partial charge >= 0.3 is 6.03 Å². The lowest BCUT2D eigenvalue weighted by atomic mass is 9.86. The van der Waals surface area contributed by atoms with Crippen molar-refractivity contribution in [3.63, 3.8) is 0 Å². The van der Waals surface area contributed by atoms with Gasteiger partial charge in [0.05, 0.1) is 18.8 Å². The Morgan fingerprint density at radius 3 is 2.87 bits per heavy atom. The molecule has 0 radical (unpaired) electrons. The summed E-state index contributed by atoms with van der Waals surface area (Å²) in [5.41, 5.74) is 1.77. The maximum absolute atomic E-state index is 12.0. The van der Waals surface area contributed by atoms with Gasteiger partial charge in [-0.1, -0.05) is 25.0 Å². The number of hydrogen-bond donors (Lipinski definition) is 3. The fourth-order valence-corrected chi connectivity index (χ4v) is 2.83. The molecule has 5 heteroatoms. The summed E-state index contributed by atoms with van der Waals surface area (Å²) in [5.74, 6) is 0.167. The van der Waals surface area contributed by atoms with Gasteiger partial charge in [-0.15, -0.1) is 0 Å². The molecule has 2 atom stereocenters. The molecule has 1 aromatic rings. The van der Waals surface area contributed by atoms with Crippen LogP contribution >= 0.6 is 0 Å². The Bertz CT molecular complexity index is 505. The Balaban J connectivity index is 1.79. The van der Waals surface area contributed by atoms with Gasteiger partial charge in [-0.25, -0.2) is 4.79 Å². The van der Waals surface area contributed by atoms with E-state index in [1.54, 1.807) is 0 Å². The number of ether oxygens (including phenoxy) is 1. The van der Waals surface area contributed by atoms with Gasteiger partial charge in [-0.05, 0) is 44.4 Å². The van der Waals surface area contributed by atoms with E-state index >= 15 is 0 Å². The van der Waals surface area contributed by atoms with Gasteiger partial charge in [0.2, 0.25) is 0 Å². The van der Waals surface area contributed by atoms with E-state index in [9.17, 15) is 9.90 Å². The molecule has 2 rings (SSSR count). The SMILES string of the molecule is CC(C)OCc1cccc(NC(=O)NC[C@H]2CCCC[C@H]2O)c1. The quantitative estimate of drug-likeness (QED) is 0.753. The van der Waals surface area contributed by atoms with Crippen LogP contribution in [0.25, 0.3) is 0 Å². The first kappa shape index (κ1) is 17.8. The van der Waals surface area contributed by atoms with Gasteiger partial charge in [-0.2, -0.15) is 0 Å². The summed E-state index contributed by atoms with van der Waals surface area (Å²) < 4.78 is 5.57. The van der Waals surface area contributed by atoms with E-state index in [4.69, 9.17) is 4.74 Å². The molecule has 0 aliphatic heterocycles. The van der Waals surface area contributed by atoms with E-state index in [0.717, 1.165) is 36.9 Å². The predicted octanol–water partition coefficient (Wildman–Crippen LogP) is 3.28. The lowest BCUT2D eigenvalue weighted by Crippen LogP contribution is -2.38. The van der Waals surface area contributed by atoms with E-state index < -0.39 is 0 Å². The summed E-state index contributed by atoms with van der Waals surface area (Å²) in [6.07, 6.45) is 3.91. The van der Waals surface area contributed by atoms with Crippen LogP contribution in [0.5, 0.6) is 0 Å². The number of carbonyl (C=O) groups excluding carboxylic acids is 1. The highest BCUT2D eigenvalue weighted by atomic mass is 16.5. The third-order valence-electron chi connectivity index (χ3n) is 4.16. The zero-order valence-corrected chi connectivity index (χ0v) is 14.0. The summed E-state index contributed by atoms with van der Waals surface area (Å²) >= 11 is 0. The van der Waals surface area contributed by atoms with Gasteiger partial charge in [0.1, 0.15) is 0 Å². The predicted molar refractivity (Wildman–Crippen MR) is 91.4 cm³/mol. The van der Waals surface area contributed by atoms with Gasteiger partial charge in [0, 0.05) is 18.2 Å². The lowest BCUT2D eigenvalue weighted by Gasteiger charge is -2.27. The standard InChI is InChI=1S/C18H28N2O3/c1-13(2)23-12-14-6-5-8-16(10-14)20-18(22)19-11-15-7-3-4-9-17(15)21/h5-6,8,10,13,15,17,21H,3-4,7,9,11-12H2,1-2H3,(H2,19,20,22)/t15-,17-/m1/s1. The van der Waals surface area contributed by atoms with Crippen LogP contribution < -0.4 is 10.6 Å². The fraction of sp³-hybridized carbons (Fsp3) is 0.611. The first-order chi connectivity index (χ1) is 11.0. The second-order valence-electron chi connectivity index (χ2n) is 6.51. The van der Waals surface area contributed by atoms with Gasteiger partial charge in [0.25, 0.3) is 0 Å². The average Bonchev–Trinajstić information content (AvgIpc) is 2.52. The molecular weight excluding hydrogens is 292 g/mol. The first-order valence-electron chi connectivity index (χ1n) is 8.48. The summed E-state index contributed by atoms with van der Waals surface area (Å²) in [5, 5.41) is 15.6. The topological polar surface area (TPSA) is 70.6 Å². The van der Waals surface area contributed by atoms with Gasteiger partial charge in [0.15, 0.2) is 0 Å². The van der Waals surface area contributed by atoms with Crippen LogP contribution in [0, 0.1) is 5.92 Å². The van der Waals surface area contributed by atoms with Gasteiger partial charge < -0.3 is 20.5 Å². The van der Waals surface area contributed by atoms with Crippen molar-refractivity contribution < 1.29 is 14.6 Å². The van der Waals surface area contributed by atoms with Gasteiger partial charge in [-0.3, -0.25) is 0 Å². The highest BCUT2D eigenvalue weighted by Gasteiger charge is 2.23. The van der Waals surface area contributed by atoms with Crippen molar-refractivity contribution in [1.29, 1.82) is 0 Å². The van der Waals surface area contributed by atoms with Crippen LogP contribution in [-0.2, 0) is 11.3 Å². The van der Waals surface area contributed by atoms with E-state index in [0.29, 0.717) is 13.2 Å². The largest absolute Gasteiger partial charge is 0.393 e. The number of urea groups is 1. The van der Waals surface area contributed by atoms with Crippen LogP contribution in [0.4, 0.5) is 10.5 Å². The molecule has 0 spiro atoms. The molecule has 1 saturated carbocycles. The molecule has 1 aromatic carbocycles. The number of aliphatic hydroxyl groups is 1. The molecule has 0 saturated heterocycles. The molecule has 1 aliphatic rings. The van der Waals surface area contributed by atoms with Crippen molar-refractivity contribution in [1.82, 2.24) is 5.32 Å². The van der Waals surface area contributed by atoms with Crippen molar-refractivity contribution >= 4 is 11.7 Å². The minimum absolute atomic E-state index is 0.167. The van der Waals surface area contributed by atoms with Crippen molar-refractivity contribution in [3.8, 4) is 0 Å². The molecule has 1 aliphatic carbocycles. The number of rotatable bonds is 6. The molecule has 5 nitrogen and oxygen atoms in total. The van der Waals surface area contributed by atoms with E-state index in [1.165, 1.54) is 0 Å². The first-order valence-corrected chi connectivity index (χ1v) is 8.48. The van der Waals surface area contributed by atoms with Crippen LogP contribution in [0.1, 0.15) is 45.1 Å². The Kier molecular flexibility index (Phi) is 6.86. The smallest absolute Gasteiger partial charge is 0.319 e. The summed E-state index contributed by atoms with van der Waals surface area (Å²) in [7, 11) is 0. The Hall–Kier alpha value is -1.59. The van der Waals surface area contributed by atoms with E-state index in [2.05, 4.69) is 10.6 Å². The van der Waals surface area contributed by atoms with Crippen molar-refractivity contribution in [2.24, 2.45) is 5.92 Å². The Morgan fingerprint density at radius 1 is 1.35 bits per heavy atom. The molecule has 2 amide bonds. The molecule has 128 valence electrons. The molecule has 23 heavy (non-hydrogen) atoms. The van der Waals surface area contributed by atoms with E-state index in [-0.39, 0.29) is 24.2 Å². The van der Waals surface area contributed by atoms with E-state index in [1.807, 2.05) is 38.1 Å². The number of aliphatic hydroxyl groups excluding tert-OH is 1. The van der Waals surface area contributed by atoms with Crippen molar-refractivity contribution in [2.45, 2.75) is 58.3 Å². The number of amides is 2. The van der Waals surface area contributed by atoms with Crippen LogP contribution in [0.15, 0.2) is 24.3 Å². The second-order valence-corrected chi connectivity index (χ2v) is 6.51. The molecule has 1 fully saturated rings. The van der Waals surface area contributed by atoms with Crippen LogP contribution in [0.3, 0.4) is 0 Å². The van der Waals surface area contributed by atoms with Crippen molar-refractivity contribution in [3.05, 3.63) is 29.8 Å². The molecular formula is C18H28N2O3. The number of anilines is 1. The van der Waals surface area contributed by atoms with Crippen molar-refractivity contribution in [2.75, 3.05) is 11.9 Å². The third-order valence-corrected chi connectivity index (χ3v) is 4.16. The summed E-state index contributed by atoms with van der Waals surface area (Å²) in [6.45, 7) is 5.04. The highest BCUT2D eigenvalue weighted by Crippen LogP contribution is 2.23. The Morgan fingerprint density at radius 2 is 2.13 bits per heavy atom. The zero-order valence-electron chi connectivity index (χ0n) is 14.0. The fourth-order valence-electron chi connectivity index (χ4n) is 2.83. The number of carbonyl (C=O) groups is 1. The normalized spacial score (nSPS) is 21.2. The lowest BCUT2D eigenvalue weighted by molar-refractivity contribution is 0.0657. The minimum atomic E-state index is -0.291. The molecule has 0 heterocycles. The second kappa shape index (κ2) is 8.89. The highest BCUT2D eigenvalue weighted by molar-refractivity contribution is 5.89. The minimum Gasteiger partial charge on any atom is -0.393 e. The molecule has 0 aromatic heterocycles. The molecule has 0 bridgehead atoms. The maximum atomic E-state index is 12.0. The summed E-state index contributed by atoms with van der Waals surface area (Å²) in [6, 6.07) is 7.42. The Labute approximate surface area is 138 Å². The maximum Gasteiger partial charge on any atom is 0.319 e. The molecule has 3 N–H and O–H groups in total. The van der Waals surface area contributed by atoms with Crippen LogP contribution in [0.2, 0.25) is 0 Å². The summed E-state index contributed by atoms with van der Waals surface area (Å²) in [4.78, 5) is 12.0. The number of benzene rings is 1. The number of hydrogen-bond acceptors (Lipinski definition) is 3. The molecule has 0 unspecified atom stereocenters. The third kappa shape index (κ3) is 6.20. The number of nitrogens with one attached hydrogen (secondary N) is 2. The monoisotopic (exact) mass is 320 g/mol. The van der Waals surface area contributed by atoms with Crippen LogP contribution in [-0.4, -0.2) is 29.9 Å².